The highest BCUT2D eigenvalue weighted by atomic mass is 16.5. The predicted molar refractivity (Wildman–Crippen MR) is 51.0 cm³/mol. The van der Waals surface area contributed by atoms with Crippen molar-refractivity contribution in [2.75, 3.05) is 0 Å². The van der Waals surface area contributed by atoms with Crippen LogP contribution in [0, 0.1) is 0 Å². The lowest BCUT2D eigenvalue weighted by molar-refractivity contribution is 0.357. The third-order valence-corrected chi connectivity index (χ3v) is 1.97. The monoisotopic (exact) mass is 224 g/mol. The van der Waals surface area contributed by atoms with Crippen molar-refractivity contribution in [3.8, 4) is 5.88 Å². The number of aromatic hydroxyl groups is 1. The van der Waals surface area contributed by atoms with Gasteiger partial charge in [0.2, 0.25) is 11.8 Å². The molecule has 2 aromatic heterocycles. The highest BCUT2D eigenvalue weighted by molar-refractivity contribution is 5.05. The van der Waals surface area contributed by atoms with Gasteiger partial charge >= 0.3 is 5.69 Å². The van der Waals surface area contributed by atoms with Gasteiger partial charge in [0.05, 0.1) is 6.07 Å². The quantitative estimate of drug-likeness (QED) is 0.681. The maximum Gasteiger partial charge on any atom is 0.331 e. The Bertz CT molecular complexity index is 583. The predicted octanol–water partition coefficient (Wildman–Crippen LogP) is -1.13. The summed E-state index contributed by atoms with van der Waals surface area (Å²) in [5, 5.41) is 12.8. The Morgan fingerprint density at radius 1 is 1.50 bits per heavy atom. The minimum atomic E-state index is -0.676. The Morgan fingerprint density at radius 3 is 2.94 bits per heavy atom. The first kappa shape index (κ1) is 10.1. The molecule has 0 atom stereocenters. The SMILES string of the molecule is O=c1cc(O)n(CCc2ncno2)c(=O)[nH]1. The van der Waals surface area contributed by atoms with Crippen LogP contribution in [0.4, 0.5) is 0 Å². The number of H-pyrrole nitrogens is 1. The third kappa shape index (κ3) is 2.00. The molecule has 0 radical (unpaired) electrons. The molecule has 0 saturated heterocycles. The Balaban J connectivity index is 2.22. The number of aryl methyl sites for hydroxylation is 1. The second-order valence-electron chi connectivity index (χ2n) is 3.03. The van der Waals surface area contributed by atoms with Crippen molar-refractivity contribution >= 4 is 0 Å². The molecule has 0 fully saturated rings. The molecular formula is C8H8N4O4. The Labute approximate surface area is 88.2 Å². The summed E-state index contributed by atoms with van der Waals surface area (Å²) in [5.74, 6) is -0.0502. The Hall–Kier alpha value is -2.38. The molecule has 0 saturated carbocycles. The number of aromatic amines is 1. The van der Waals surface area contributed by atoms with Crippen LogP contribution in [0.2, 0.25) is 0 Å². The molecular weight excluding hydrogens is 216 g/mol. The van der Waals surface area contributed by atoms with Crippen LogP contribution in [0.25, 0.3) is 0 Å². The van der Waals surface area contributed by atoms with E-state index >= 15 is 0 Å². The summed E-state index contributed by atoms with van der Waals surface area (Å²) in [6, 6.07) is 0.926. The summed E-state index contributed by atoms with van der Waals surface area (Å²) in [7, 11) is 0. The first-order valence-electron chi connectivity index (χ1n) is 4.45. The molecule has 0 bridgehead atoms. The van der Waals surface area contributed by atoms with Crippen LogP contribution in [0.5, 0.6) is 5.88 Å². The molecule has 2 N–H and O–H groups in total. The van der Waals surface area contributed by atoms with Gasteiger partial charge in [-0.05, 0) is 0 Å². The fraction of sp³-hybridized carbons (Fsp3) is 0.250. The van der Waals surface area contributed by atoms with E-state index in [1.54, 1.807) is 0 Å². The normalized spacial score (nSPS) is 10.5. The largest absolute Gasteiger partial charge is 0.494 e. The van der Waals surface area contributed by atoms with Gasteiger partial charge in [0.25, 0.3) is 5.56 Å². The van der Waals surface area contributed by atoms with Gasteiger partial charge in [-0.15, -0.1) is 0 Å². The summed E-state index contributed by atoms with van der Waals surface area (Å²) < 4.78 is 5.73. The molecule has 2 rings (SSSR count). The van der Waals surface area contributed by atoms with Crippen molar-refractivity contribution < 1.29 is 9.63 Å². The van der Waals surface area contributed by atoms with Gasteiger partial charge < -0.3 is 9.63 Å². The van der Waals surface area contributed by atoms with Crippen LogP contribution in [0.15, 0.2) is 26.5 Å². The van der Waals surface area contributed by atoms with Crippen LogP contribution in [-0.2, 0) is 13.0 Å². The first-order valence-corrected chi connectivity index (χ1v) is 4.45. The minimum absolute atomic E-state index is 0.143. The maximum absolute atomic E-state index is 11.3. The van der Waals surface area contributed by atoms with Crippen LogP contribution in [-0.4, -0.2) is 24.8 Å². The van der Waals surface area contributed by atoms with Crippen molar-refractivity contribution in [1.29, 1.82) is 0 Å². The molecule has 2 heterocycles. The summed E-state index contributed by atoms with van der Waals surface area (Å²) in [6.45, 7) is 0.143. The topological polar surface area (TPSA) is 114 Å². The van der Waals surface area contributed by atoms with Gasteiger partial charge in [-0.25, -0.2) is 4.79 Å². The van der Waals surface area contributed by atoms with Crippen molar-refractivity contribution in [3.05, 3.63) is 39.1 Å². The van der Waals surface area contributed by atoms with E-state index in [1.807, 2.05) is 4.98 Å². The molecule has 8 heteroatoms. The summed E-state index contributed by atoms with van der Waals surface area (Å²) >= 11 is 0. The molecule has 0 aliphatic rings. The molecule has 8 nitrogen and oxygen atoms in total. The summed E-state index contributed by atoms with van der Waals surface area (Å²) in [6.07, 6.45) is 1.53. The van der Waals surface area contributed by atoms with Gasteiger partial charge in [0.1, 0.15) is 0 Å². The number of rotatable bonds is 3. The zero-order valence-corrected chi connectivity index (χ0v) is 8.08. The first-order chi connectivity index (χ1) is 7.66. The van der Waals surface area contributed by atoms with Crippen molar-refractivity contribution in [1.82, 2.24) is 19.7 Å². The standard InChI is InChI=1S/C8H8N4O4/c13-5-3-7(14)12(8(15)11-5)2-1-6-9-4-10-16-6/h3-4,14H,1-2H2,(H,11,13,15). The van der Waals surface area contributed by atoms with Crippen molar-refractivity contribution in [3.63, 3.8) is 0 Å². The van der Waals surface area contributed by atoms with E-state index in [0.29, 0.717) is 12.3 Å². The lowest BCUT2D eigenvalue weighted by atomic mass is 10.4. The molecule has 0 amide bonds. The second kappa shape index (κ2) is 4.01. The van der Waals surface area contributed by atoms with Gasteiger partial charge in [-0.1, -0.05) is 5.16 Å². The van der Waals surface area contributed by atoms with E-state index in [-0.39, 0.29) is 6.54 Å². The van der Waals surface area contributed by atoms with Crippen molar-refractivity contribution in [2.45, 2.75) is 13.0 Å². The van der Waals surface area contributed by atoms with Crippen LogP contribution in [0.1, 0.15) is 5.89 Å². The average Bonchev–Trinajstić information content (AvgIpc) is 2.68. The number of aromatic nitrogens is 4. The van der Waals surface area contributed by atoms with Gasteiger partial charge in [-0.3, -0.25) is 14.3 Å². The molecule has 0 unspecified atom stereocenters. The highest BCUT2D eigenvalue weighted by Gasteiger charge is 2.06. The van der Waals surface area contributed by atoms with Crippen LogP contribution < -0.4 is 11.2 Å². The summed E-state index contributed by atoms with van der Waals surface area (Å²) in [4.78, 5) is 27.9. The van der Waals surface area contributed by atoms with E-state index in [9.17, 15) is 14.7 Å². The van der Waals surface area contributed by atoms with Crippen molar-refractivity contribution in [2.24, 2.45) is 0 Å². The van der Waals surface area contributed by atoms with E-state index in [1.165, 1.54) is 6.33 Å². The van der Waals surface area contributed by atoms with Gasteiger partial charge in [-0.2, -0.15) is 4.98 Å². The number of nitrogens with one attached hydrogen (secondary N) is 1. The lowest BCUT2D eigenvalue weighted by Gasteiger charge is -2.04. The molecule has 0 aliphatic heterocycles. The fourth-order valence-corrected chi connectivity index (χ4v) is 1.24. The Morgan fingerprint density at radius 2 is 2.31 bits per heavy atom. The number of nitrogens with zero attached hydrogens (tertiary/aromatic N) is 3. The maximum atomic E-state index is 11.3. The lowest BCUT2D eigenvalue weighted by Crippen LogP contribution is -2.29. The summed E-state index contributed by atoms with van der Waals surface area (Å²) in [5.41, 5.74) is -1.32. The molecule has 2 aromatic rings. The third-order valence-electron chi connectivity index (χ3n) is 1.97. The zero-order valence-electron chi connectivity index (χ0n) is 8.08. The van der Waals surface area contributed by atoms with E-state index in [0.717, 1.165) is 10.6 Å². The highest BCUT2D eigenvalue weighted by Crippen LogP contribution is 2.02. The number of hydrogen-bond donors (Lipinski definition) is 2. The van der Waals surface area contributed by atoms with E-state index in [4.69, 9.17) is 4.52 Å². The van der Waals surface area contributed by atoms with Crippen LogP contribution >= 0.6 is 0 Å². The average molecular weight is 224 g/mol. The van der Waals surface area contributed by atoms with Gasteiger partial charge in [0, 0.05) is 13.0 Å². The zero-order chi connectivity index (χ0) is 11.5. The minimum Gasteiger partial charge on any atom is -0.494 e. The van der Waals surface area contributed by atoms with Crippen LogP contribution in [0.3, 0.4) is 0 Å². The fourth-order valence-electron chi connectivity index (χ4n) is 1.24. The number of hydrogen-bond acceptors (Lipinski definition) is 6. The molecule has 16 heavy (non-hydrogen) atoms. The van der Waals surface area contributed by atoms with E-state index < -0.39 is 17.1 Å². The van der Waals surface area contributed by atoms with E-state index in [2.05, 4.69) is 10.1 Å². The second-order valence-corrected chi connectivity index (χ2v) is 3.03. The smallest absolute Gasteiger partial charge is 0.331 e. The molecule has 84 valence electrons. The molecule has 0 aromatic carbocycles. The Kier molecular flexibility index (Phi) is 2.54. The molecule has 0 spiro atoms. The molecule has 0 aliphatic carbocycles. The van der Waals surface area contributed by atoms with Gasteiger partial charge in [0.15, 0.2) is 6.33 Å².